The van der Waals surface area contributed by atoms with Gasteiger partial charge in [-0.25, -0.2) is 5.26 Å². The standard InChI is InChI=1S/CH5O4P/c1-4-6(3)5-2/h2,6H,1H3. The van der Waals surface area contributed by atoms with Crippen LogP contribution in [0.4, 0.5) is 0 Å². The summed E-state index contributed by atoms with van der Waals surface area (Å²) >= 11 is 0. The van der Waals surface area contributed by atoms with Gasteiger partial charge in [0.1, 0.15) is 0 Å². The van der Waals surface area contributed by atoms with E-state index < -0.39 is 8.25 Å². The van der Waals surface area contributed by atoms with Crippen LogP contribution in [0.5, 0.6) is 0 Å². The Morgan fingerprint density at radius 2 is 2.33 bits per heavy atom. The lowest BCUT2D eigenvalue weighted by Crippen LogP contribution is -1.67. The average Bonchev–Trinajstić information content (AvgIpc) is 1.65. The number of hydrogen-bond donors (Lipinski definition) is 1. The number of rotatable bonds is 2. The summed E-state index contributed by atoms with van der Waals surface area (Å²) in [6, 6.07) is 0. The molecule has 0 amide bonds. The molecule has 0 radical (unpaired) electrons. The smallest absolute Gasteiger partial charge is 0.312 e. The highest BCUT2D eigenvalue weighted by molar-refractivity contribution is 7.33. The zero-order chi connectivity index (χ0) is 4.99. The molecule has 0 spiro atoms. The van der Waals surface area contributed by atoms with E-state index in [1.165, 1.54) is 7.11 Å². The third-order valence-corrected chi connectivity index (χ3v) is 0.724. The van der Waals surface area contributed by atoms with Crippen molar-refractivity contribution in [1.29, 1.82) is 0 Å². The van der Waals surface area contributed by atoms with Crippen molar-refractivity contribution in [3.8, 4) is 0 Å². The molecule has 0 fully saturated rings. The molecule has 0 aromatic carbocycles. The third kappa shape index (κ3) is 2.35. The van der Waals surface area contributed by atoms with E-state index in [9.17, 15) is 4.57 Å². The van der Waals surface area contributed by atoms with Crippen LogP contribution in [0.3, 0.4) is 0 Å². The van der Waals surface area contributed by atoms with Crippen LogP contribution >= 0.6 is 8.25 Å². The maximum absolute atomic E-state index is 9.67. The molecular weight excluding hydrogens is 107 g/mol. The maximum atomic E-state index is 9.67. The van der Waals surface area contributed by atoms with Crippen LogP contribution in [-0.4, -0.2) is 12.4 Å². The van der Waals surface area contributed by atoms with Gasteiger partial charge in [0.25, 0.3) is 0 Å². The largest absolute Gasteiger partial charge is 0.346 e. The topological polar surface area (TPSA) is 55.8 Å². The van der Waals surface area contributed by atoms with Gasteiger partial charge in [0.15, 0.2) is 0 Å². The van der Waals surface area contributed by atoms with Gasteiger partial charge in [-0.1, -0.05) is 0 Å². The molecule has 4 nitrogen and oxygen atoms in total. The van der Waals surface area contributed by atoms with Crippen LogP contribution < -0.4 is 0 Å². The molecule has 6 heavy (non-hydrogen) atoms. The molecule has 0 aromatic heterocycles. The van der Waals surface area contributed by atoms with Gasteiger partial charge in [0, 0.05) is 7.11 Å². The van der Waals surface area contributed by atoms with Crippen LogP contribution in [0.1, 0.15) is 0 Å². The summed E-state index contributed by atoms with van der Waals surface area (Å²) in [5.41, 5.74) is 0. The Hall–Kier alpha value is 0.110. The second-order valence-corrected chi connectivity index (χ2v) is 1.64. The van der Waals surface area contributed by atoms with Gasteiger partial charge in [-0.2, -0.15) is 4.67 Å². The average molecular weight is 112 g/mol. The molecule has 0 saturated carbocycles. The van der Waals surface area contributed by atoms with E-state index in [4.69, 9.17) is 5.26 Å². The Bertz CT molecular complexity index is 45.5. The summed E-state index contributed by atoms with van der Waals surface area (Å²) in [7, 11) is -1.38. The second kappa shape index (κ2) is 3.31. The molecule has 0 aliphatic heterocycles. The first-order valence-corrected chi connectivity index (χ1v) is 2.43. The van der Waals surface area contributed by atoms with Crippen molar-refractivity contribution in [3.63, 3.8) is 0 Å². The lowest BCUT2D eigenvalue weighted by Gasteiger charge is -1.86. The van der Waals surface area contributed by atoms with Gasteiger partial charge >= 0.3 is 8.25 Å². The van der Waals surface area contributed by atoms with Gasteiger partial charge in [-0.3, -0.25) is 4.57 Å². The van der Waals surface area contributed by atoms with E-state index in [2.05, 4.69) is 9.20 Å². The fourth-order valence-electron chi connectivity index (χ4n) is 0.0373. The van der Waals surface area contributed by atoms with Gasteiger partial charge in [-0.05, 0) is 0 Å². The SMILES string of the molecule is CO[PH](=O)OO. The van der Waals surface area contributed by atoms with Gasteiger partial charge in [-0.15, -0.1) is 0 Å². The fraction of sp³-hybridized carbons (Fsp3) is 1.00. The van der Waals surface area contributed by atoms with Crippen LogP contribution in [0.15, 0.2) is 0 Å². The van der Waals surface area contributed by atoms with Crippen molar-refractivity contribution in [1.82, 2.24) is 0 Å². The van der Waals surface area contributed by atoms with E-state index in [0.717, 1.165) is 0 Å². The maximum Gasteiger partial charge on any atom is 0.346 e. The first-order valence-electron chi connectivity index (χ1n) is 1.20. The summed E-state index contributed by atoms with van der Waals surface area (Å²) in [5, 5.41) is 7.44. The van der Waals surface area contributed by atoms with Gasteiger partial charge < -0.3 is 4.52 Å². The van der Waals surface area contributed by atoms with E-state index in [1.807, 2.05) is 0 Å². The summed E-state index contributed by atoms with van der Waals surface area (Å²) in [6.45, 7) is 0. The van der Waals surface area contributed by atoms with E-state index in [-0.39, 0.29) is 0 Å². The Morgan fingerprint density at radius 3 is 2.33 bits per heavy atom. The molecule has 0 bridgehead atoms. The van der Waals surface area contributed by atoms with Crippen molar-refractivity contribution in [3.05, 3.63) is 0 Å². The molecule has 38 valence electrons. The Balaban J connectivity index is 2.99. The molecule has 0 rings (SSSR count). The Kier molecular flexibility index (Phi) is 3.37. The van der Waals surface area contributed by atoms with Crippen molar-refractivity contribution in [2.45, 2.75) is 0 Å². The van der Waals surface area contributed by atoms with E-state index in [1.54, 1.807) is 0 Å². The second-order valence-electron chi connectivity index (χ2n) is 0.545. The molecule has 1 atom stereocenters. The van der Waals surface area contributed by atoms with Crippen molar-refractivity contribution in [2.24, 2.45) is 0 Å². The predicted octanol–water partition coefficient (Wildman–Crippen LogP) is 0.512. The summed E-state index contributed by atoms with van der Waals surface area (Å²) in [6.07, 6.45) is 0. The lowest BCUT2D eigenvalue weighted by atomic mass is 11.8. The first kappa shape index (κ1) is 6.11. The summed E-state index contributed by atoms with van der Waals surface area (Å²) < 4.78 is 16.9. The molecule has 0 aliphatic rings. The van der Waals surface area contributed by atoms with Crippen LogP contribution in [0, 0.1) is 0 Å². The van der Waals surface area contributed by atoms with Crippen LogP contribution in [0.25, 0.3) is 0 Å². The lowest BCUT2D eigenvalue weighted by molar-refractivity contribution is -0.140. The fourth-order valence-corrected chi connectivity index (χ4v) is 0.112. The van der Waals surface area contributed by atoms with Gasteiger partial charge in [0.05, 0.1) is 0 Å². The van der Waals surface area contributed by atoms with Crippen molar-refractivity contribution >= 4 is 8.25 Å². The van der Waals surface area contributed by atoms with Crippen molar-refractivity contribution < 1.29 is 19.0 Å². The minimum absolute atomic E-state index is 1.18. The van der Waals surface area contributed by atoms with E-state index in [0.29, 0.717) is 0 Å². The quantitative estimate of drug-likeness (QED) is 0.321. The molecule has 0 aromatic rings. The minimum Gasteiger partial charge on any atom is -0.312 e. The molecule has 0 saturated heterocycles. The molecule has 0 heterocycles. The zero-order valence-corrected chi connectivity index (χ0v) is 4.17. The highest BCUT2D eigenvalue weighted by Crippen LogP contribution is 2.17. The Labute approximate surface area is 35.6 Å². The zero-order valence-electron chi connectivity index (χ0n) is 3.17. The molecule has 1 unspecified atom stereocenters. The highest BCUT2D eigenvalue weighted by Gasteiger charge is 1.86. The Morgan fingerprint density at radius 1 is 1.83 bits per heavy atom. The minimum atomic E-state index is -2.56. The first-order chi connectivity index (χ1) is 2.81. The molecule has 1 N–H and O–H groups in total. The predicted molar refractivity (Wildman–Crippen MR) is 19.7 cm³/mol. The normalized spacial score (nSPS) is 14.3. The monoisotopic (exact) mass is 112 g/mol. The summed E-state index contributed by atoms with van der Waals surface area (Å²) in [5.74, 6) is 0. The third-order valence-electron chi connectivity index (χ3n) is 0.241. The van der Waals surface area contributed by atoms with Crippen molar-refractivity contribution in [2.75, 3.05) is 7.11 Å². The summed E-state index contributed by atoms with van der Waals surface area (Å²) in [4.78, 5) is 0. The molecule has 5 heteroatoms. The number of hydrogen-bond acceptors (Lipinski definition) is 4. The van der Waals surface area contributed by atoms with Crippen LogP contribution in [0.2, 0.25) is 0 Å². The molecular formula is CH5O4P. The van der Waals surface area contributed by atoms with E-state index >= 15 is 0 Å². The molecule has 0 aliphatic carbocycles. The highest BCUT2D eigenvalue weighted by atomic mass is 31.1. The van der Waals surface area contributed by atoms with Crippen LogP contribution in [-0.2, 0) is 13.8 Å². The van der Waals surface area contributed by atoms with Gasteiger partial charge in [0.2, 0.25) is 0 Å².